The Morgan fingerprint density at radius 1 is 1.19 bits per heavy atom. The van der Waals surface area contributed by atoms with Crippen LogP contribution in [0.15, 0.2) is 33.4 Å². The van der Waals surface area contributed by atoms with Crippen molar-refractivity contribution < 1.29 is 0 Å². The molecule has 1 aromatic carbocycles. The fourth-order valence-electron chi connectivity index (χ4n) is 1.25. The van der Waals surface area contributed by atoms with Gasteiger partial charge in [0.05, 0.1) is 13.8 Å². The molecule has 1 aromatic heterocycles. The summed E-state index contributed by atoms with van der Waals surface area (Å²) in [6, 6.07) is 7.62. The molecule has 0 saturated carbocycles. The average molecular weight is 337 g/mol. The number of halogens is 3. The predicted octanol–water partition coefficient (Wildman–Crippen LogP) is 5.43. The van der Waals surface area contributed by atoms with Gasteiger partial charge in [-0.1, -0.05) is 23.2 Å². The van der Waals surface area contributed by atoms with Gasteiger partial charge in [0.2, 0.25) is 0 Å². The minimum absolute atomic E-state index is 0.568. The van der Waals surface area contributed by atoms with Gasteiger partial charge in [0.15, 0.2) is 0 Å². The lowest BCUT2D eigenvalue weighted by molar-refractivity contribution is 1.16. The Kier molecular flexibility index (Phi) is 4.14. The summed E-state index contributed by atoms with van der Waals surface area (Å²) >= 11 is 16.9. The number of hydrogen-bond acceptors (Lipinski definition) is 2. The Hall–Kier alpha value is -0.220. The van der Waals surface area contributed by atoms with E-state index in [1.807, 2.05) is 12.1 Å². The fourth-order valence-corrected chi connectivity index (χ4v) is 2.76. The summed E-state index contributed by atoms with van der Waals surface area (Å²) in [7, 11) is 0. The molecule has 0 amide bonds. The first-order valence-corrected chi connectivity index (χ1v) is 7.00. The zero-order valence-corrected chi connectivity index (χ0v) is 12.1. The standard InChI is InChI=1S/C11H8BrCl2NS/c12-11-3-7(6-16-11)5-15-8-1-2-9(13)10(14)4-8/h1-4,6,15H,5H2. The van der Waals surface area contributed by atoms with Gasteiger partial charge in [-0.15, -0.1) is 11.3 Å². The number of rotatable bonds is 3. The lowest BCUT2D eigenvalue weighted by Crippen LogP contribution is -1.97. The van der Waals surface area contributed by atoms with E-state index < -0.39 is 0 Å². The monoisotopic (exact) mass is 335 g/mol. The predicted molar refractivity (Wildman–Crippen MR) is 75.8 cm³/mol. The third-order valence-corrected chi connectivity index (χ3v) is 4.33. The van der Waals surface area contributed by atoms with Crippen LogP contribution in [0.2, 0.25) is 10.0 Å². The van der Waals surface area contributed by atoms with Crippen LogP contribution in [-0.2, 0) is 6.54 Å². The van der Waals surface area contributed by atoms with Gasteiger partial charge in [0.1, 0.15) is 0 Å². The summed E-state index contributed by atoms with van der Waals surface area (Å²) in [4.78, 5) is 0. The maximum atomic E-state index is 5.92. The van der Waals surface area contributed by atoms with E-state index in [4.69, 9.17) is 23.2 Å². The van der Waals surface area contributed by atoms with E-state index in [0.717, 1.165) is 16.0 Å². The molecule has 0 saturated heterocycles. The highest BCUT2D eigenvalue weighted by atomic mass is 79.9. The van der Waals surface area contributed by atoms with E-state index in [1.54, 1.807) is 17.4 Å². The first kappa shape index (κ1) is 12.2. The Balaban J connectivity index is 2.02. The van der Waals surface area contributed by atoms with Gasteiger partial charge in [-0.3, -0.25) is 0 Å². The van der Waals surface area contributed by atoms with Gasteiger partial charge in [0, 0.05) is 12.2 Å². The maximum Gasteiger partial charge on any atom is 0.0701 e. The molecule has 0 radical (unpaired) electrons. The van der Waals surface area contributed by atoms with Gasteiger partial charge < -0.3 is 5.32 Å². The van der Waals surface area contributed by atoms with Gasteiger partial charge in [-0.05, 0) is 51.1 Å². The van der Waals surface area contributed by atoms with Gasteiger partial charge in [-0.2, -0.15) is 0 Å². The number of anilines is 1. The van der Waals surface area contributed by atoms with Crippen molar-refractivity contribution in [3.05, 3.63) is 49.0 Å². The largest absolute Gasteiger partial charge is 0.381 e. The van der Waals surface area contributed by atoms with Crippen molar-refractivity contribution in [2.24, 2.45) is 0 Å². The first-order valence-electron chi connectivity index (χ1n) is 4.57. The minimum Gasteiger partial charge on any atom is -0.381 e. The molecule has 2 rings (SSSR count). The Morgan fingerprint density at radius 3 is 2.62 bits per heavy atom. The second kappa shape index (κ2) is 5.41. The topological polar surface area (TPSA) is 12.0 Å². The number of nitrogens with one attached hydrogen (secondary N) is 1. The van der Waals surface area contributed by atoms with E-state index in [9.17, 15) is 0 Å². The number of hydrogen-bond donors (Lipinski definition) is 1. The second-order valence-corrected chi connectivity index (χ2v) is 6.35. The summed E-state index contributed by atoms with van der Waals surface area (Å²) in [6.07, 6.45) is 0. The van der Waals surface area contributed by atoms with Crippen molar-refractivity contribution in [2.75, 3.05) is 5.32 Å². The molecule has 1 nitrogen and oxygen atoms in total. The molecule has 0 aliphatic rings. The first-order chi connectivity index (χ1) is 7.65. The van der Waals surface area contributed by atoms with Crippen LogP contribution >= 0.6 is 50.5 Å². The summed E-state index contributed by atoms with van der Waals surface area (Å²) in [5, 5.41) is 6.53. The molecule has 0 spiro atoms. The zero-order chi connectivity index (χ0) is 11.5. The Labute approximate surface area is 117 Å². The lowest BCUT2D eigenvalue weighted by Gasteiger charge is -2.05. The van der Waals surface area contributed by atoms with E-state index in [-0.39, 0.29) is 0 Å². The van der Waals surface area contributed by atoms with Crippen molar-refractivity contribution in [1.82, 2.24) is 0 Å². The molecule has 0 bridgehead atoms. The zero-order valence-electron chi connectivity index (χ0n) is 8.14. The van der Waals surface area contributed by atoms with Crippen LogP contribution in [0.25, 0.3) is 0 Å². The van der Waals surface area contributed by atoms with E-state index in [1.165, 1.54) is 5.56 Å². The number of benzene rings is 1. The van der Waals surface area contributed by atoms with Crippen LogP contribution in [0.4, 0.5) is 5.69 Å². The molecule has 16 heavy (non-hydrogen) atoms. The SMILES string of the molecule is Clc1ccc(NCc2csc(Br)c2)cc1Cl. The van der Waals surface area contributed by atoms with Crippen molar-refractivity contribution in [1.29, 1.82) is 0 Å². The molecule has 5 heteroatoms. The number of thiophene rings is 1. The fraction of sp³-hybridized carbons (Fsp3) is 0.0909. The molecule has 0 fully saturated rings. The third kappa shape index (κ3) is 3.14. The van der Waals surface area contributed by atoms with Crippen LogP contribution in [0.5, 0.6) is 0 Å². The molecule has 84 valence electrons. The quantitative estimate of drug-likeness (QED) is 0.788. The summed E-state index contributed by atoms with van der Waals surface area (Å²) in [6.45, 7) is 0.778. The Morgan fingerprint density at radius 2 is 2.00 bits per heavy atom. The molecule has 1 heterocycles. The Bertz CT molecular complexity index is 498. The summed E-state index contributed by atoms with van der Waals surface area (Å²) in [5.41, 5.74) is 2.21. The summed E-state index contributed by atoms with van der Waals surface area (Å²) < 4.78 is 1.14. The van der Waals surface area contributed by atoms with E-state index in [2.05, 4.69) is 32.7 Å². The maximum absolute atomic E-state index is 5.92. The van der Waals surface area contributed by atoms with E-state index >= 15 is 0 Å². The van der Waals surface area contributed by atoms with Crippen molar-refractivity contribution in [2.45, 2.75) is 6.54 Å². The minimum atomic E-state index is 0.568. The van der Waals surface area contributed by atoms with Crippen LogP contribution in [0, 0.1) is 0 Å². The highest BCUT2D eigenvalue weighted by Crippen LogP contribution is 2.26. The molecule has 0 aliphatic heterocycles. The van der Waals surface area contributed by atoms with Crippen molar-refractivity contribution >= 4 is 56.2 Å². The second-order valence-electron chi connectivity index (χ2n) is 3.24. The van der Waals surface area contributed by atoms with Crippen LogP contribution < -0.4 is 5.32 Å². The molecule has 0 unspecified atom stereocenters. The highest BCUT2D eigenvalue weighted by Gasteiger charge is 2.00. The van der Waals surface area contributed by atoms with E-state index in [0.29, 0.717) is 10.0 Å². The van der Waals surface area contributed by atoms with Gasteiger partial charge in [-0.25, -0.2) is 0 Å². The van der Waals surface area contributed by atoms with Crippen molar-refractivity contribution in [3.63, 3.8) is 0 Å². The van der Waals surface area contributed by atoms with Crippen LogP contribution in [0.3, 0.4) is 0 Å². The molecular formula is C11H8BrCl2NS. The molecule has 0 aliphatic carbocycles. The third-order valence-electron chi connectivity index (χ3n) is 2.04. The smallest absolute Gasteiger partial charge is 0.0701 e. The molecular weight excluding hydrogens is 329 g/mol. The van der Waals surface area contributed by atoms with Crippen LogP contribution in [0.1, 0.15) is 5.56 Å². The van der Waals surface area contributed by atoms with Crippen LogP contribution in [-0.4, -0.2) is 0 Å². The normalized spacial score (nSPS) is 10.4. The molecule has 0 atom stereocenters. The van der Waals surface area contributed by atoms with Gasteiger partial charge >= 0.3 is 0 Å². The van der Waals surface area contributed by atoms with Crippen molar-refractivity contribution in [3.8, 4) is 0 Å². The molecule has 2 aromatic rings. The highest BCUT2D eigenvalue weighted by molar-refractivity contribution is 9.11. The summed E-state index contributed by atoms with van der Waals surface area (Å²) in [5.74, 6) is 0. The lowest BCUT2D eigenvalue weighted by atomic mass is 10.3. The average Bonchev–Trinajstić information content (AvgIpc) is 2.66. The molecule has 1 N–H and O–H groups in total. The van der Waals surface area contributed by atoms with Gasteiger partial charge in [0.25, 0.3) is 0 Å².